The molecule has 3 N–H and O–H groups in total. The maximum Gasteiger partial charge on any atom is 0.414 e. The molecule has 4 aromatic rings. The molecule has 1 aliphatic rings. The van der Waals surface area contributed by atoms with Gasteiger partial charge >= 0.3 is 12.1 Å². The lowest BCUT2D eigenvalue weighted by molar-refractivity contribution is 0.0699. The highest BCUT2D eigenvalue weighted by atomic mass is 35.5. The summed E-state index contributed by atoms with van der Waals surface area (Å²) < 4.78 is 19.9. The standard InChI is InChI=1S/C23H16ClFN4O4/c1-26-22(31)33-21-27-17-9-6-12(10-18(17)28-21)23(32)15-5-3-2-4-14(15)20(30)29(23)19-11-13(24)7-8-16(19)25/h2-11,32H,1H3,(H,26,31)(H,27,28). The number of nitrogens with one attached hydrogen (secondary N) is 2. The smallest absolute Gasteiger partial charge is 0.375 e. The number of amides is 2. The quantitative estimate of drug-likeness (QED) is 0.424. The zero-order chi connectivity index (χ0) is 23.3. The number of anilines is 1. The molecule has 0 spiro atoms. The Bertz CT molecular complexity index is 1440. The SMILES string of the molecule is CNC(=O)Oc1nc2ccc(C3(O)c4ccccc4C(=O)N3c3cc(Cl)ccc3F)cc2[nH]1. The van der Waals surface area contributed by atoms with Crippen LogP contribution in [0, 0.1) is 5.82 Å². The highest BCUT2D eigenvalue weighted by molar-refractivity contribution is 6.31. The maximum atomic E-state index is 14.9. The molecular formula is C23H16ClFN4O4. The minimum atomic E-state index is -2.04. The summed E-state index contributed by atoms with van der Waals surface area (Å²) in [5.41, 5.74) is -0.534. The van der Waals surface area contributed by atoms with Gasteiger partial charge in [-0.3, -0.25) is 9.69 Å². The Morgan fingerprint density at radius 2 is 2.00 bits per heavy atom. The van der Waals surface area contributed by atoms with Crippen molar-refractivity contribution in [3.63, 3.8) is 0 Å². The van der Waals surface area contributed by atoms with E-state index in [0.29, 0.717) is 11.0 Å². The summed E-state index contributed by atoms with van der Waals surface area (Å²) in [6.45, 7) is 0. The summed E-state index contributed by atoms with van der Waals surface area (Å²) >= 11 is 6.08. The van der Waals surface area contributed by atoms with Gasteiger partial charge in [0.1, 0.15) is 5.82 Å². The van der Waals surface area contributed by atoms with E-state index in [1.165, 1.54) is 19.2 Å². The highest BCUT2D eigenvalue weighted by Gasteiger charge is 2.51. The van der Waals surface area contributed by atoms with Gasteiger partial charge in [0.15, 0.2) is 5.72 Å². The van der Waals surface area contributed by atoms with E-state index in [2.05, 4.69) is 15.3 Å². The molecule has 166 valence electrons. The number of benzene rings is 3. The summed E-state index contributed by atoms with van der Waals surface area (Å²) in [4.78, 5) is 32.8. The van der Waals surface area contributed by atoms with Gasteiger partial charge in [-0.05, 0) is 36.4 Å². The predicted molar refractivity (Wildman–Crippen MR) is 119 cm³/mol. The van der Waals surface area contributed by atoms with Crippen molar-refractivity contribution in [2.75, 3.05) is 11.9 Å². The third-order valence-corrected chi connectivity index (χ3v) is 5.70. The van der Waals surface area contributed by atoms with Crippen LogP contribution in [-0.2, 0) is 5.72 Å². The third-order valence-electron chi connectivity index (χ3n) is 5.47. The minimum absolute atomic E-state index is 0.0471. The van der Waals surface area contributed by atoms with Gasteiger partial charge in [-0.25, -0.2) is 9.18 Å². The molecule has 8 nitrogen and oxygen atoms in total. The second-order valence-corrected chi connectivity index (χ2v) is 7.80. The predicted octanol–water partition coefficient (Wildman–Crippen LogP) is 3.93. The lowest BCUT2D eigenvalue weighted by Crippen LogP contribution is -2.45. The van der Waals surface area contributed by atoms with E-state index < -0.39 is 23.5 Å². The number of ether oxygens (including phenoxy) is 1. The first kappa shape index (κ1) is 20.9. The molecule has 1 atom stereocenters. The molecule has 1 aromatic heterocycles. The molecule has 5 rings (SSSR count). The van der Waals surface area contributed by atoms with E-state index in [4.69, 9.17) is 16.3 Å². The van der Waals surface area contributed by atoms with Crippen LogP contribution in [0.4, 0.5) is 14.9 Å². The van der Waals surface area contributed by atoms with Crippen molar-refractivity contribution in [3.8, 4) is 6.01 Å². The fraction of sp³-hybridized carbons (Fsp3) is 0.0870. The first-order chi connectivity index (χ1) is 15.8. The van der Waals surface area contributed by atoms with Crippen molar-refractivity contribution in [1.82, 2.24) is 15.3 Å². The Balaban J connectivity index is 1.70. The largest absolute Gasteiger partial charge is 0.414 e. The monoisotopic (exact) mass is 466 g/mol. The van der Waals surface area contributed by atoms with Crippen LogP contribution in [0.15, 0.2) is 60.7 Å². The number of fused-ring (bicyclic) bond motifs is 2. The molecule has 1 aliphatic heterocycles. The van der Waals surface area contributed by atoms with Gasteiger partial charge in [0.25, 0.3) is 5.91 Å². The second-order valence-electron chi connectivity index (χ2n) is 7.37. The van der Waals surface area contributed by atoms with Crippen LogP contribution in [0.1, 0.15) is 21.5 Å². The average molecular weight is 467 g/mol. The van der Waals surface area contributed by atoms with Crippen molar-refractivity contribution in [3.05, 3.63) is 88.2 Å². The van der Waals surface area contributed by atoms with Gasteiger partial charge in [-0.15, -0.1) is 0 Å². The lowest BCUT2D eigenvalue weighted by atomic mass is 9.93. The number of halogens is 2. The molecule has 0 saturated carbocycles. The van der Waals surface area contributed by atoms with Gasteiger partial charge in [0.05, 0.1) is 16.7 Å². The van der Waals surface area contributed by atoms with Crippen molar-refractivity contribution in [2.45, 2.75) is 5.72 Å². The van der Waals surface area contributed by atoms with E-state index >= 15 is 0 Å². The van der Waals surface area contributed by atoms with E-state index in [1.807, 2.05) is 0 Å². The van der Waals surface area contributed by atoms with Crippen LogP contribution in [0.2, 0.25) is 5.02 Å². The number of H-pyrrole nitrogens is 1. The van der Waals surface area contributed by atoms with Crippen molar-refractivity contribution < 1.29 is 23.8 Å². The molecule has 2 heterocycles. The number of aromatic nitrogens is 2. The van der Waals surface area contributed by atoms with Gasteiger partial charge in [0, 0.05) is 28.8 Å². The first-order valence-electron chi connectivity index (χ1n) is 9.84. The van der Waals surface area contributed by atoms with E-state index in [-0.39, 0.29) is 33.4 Å². The van der Waals surface area contributed by atoms with Crippen LogP contribution >= 0.6 is 11.6 Å². The van der Waals surface area contributed by atoms with Crippen molar-refractivity contribution in [1.29, 1.82) is 0 Å². The van der Waals surface area contributed by atoms with E-state index in [1.54, 1.807) is 42.5 Å². The molecule has 0 fully saturated rings. The summed E-state index contributed by atoms with van der Waals surface area (Å²) in [7, 11) is 1.41. The van der Waals surface area contributed by atoms with Gasteiger partial charge in [0.2, 0.25) is 0 Å². The van der Waals surface area contributed by atoms with Gasteiger partial charge in [-0.2, -0.15) is 4.98 Å². The number of carbonyl (C=O) groups is 2. The number of aromatic amines is 1. The highest BCUT2D eigenvalue weighted by Crippen LogP contribution is 2.46. The number of rotatable bonds is 3. The number of carbonyl (C=O) groups excluding carboxylic acids is 2. The molecule has 0 aliphatic carbocycles. The Kier molecular flexibility index (Phi) is 4.80. The average Bonchev–Trinajstić information content (AvgIpc) is 3.31. The summed E-state index contributed by atoms with van der Waals surface area (Å²) in [6, 6.07) is 15.0. The third kappa shape index (κ3) is 3.21. The molecular weight excluding hydrogens is 451 g/mol. The van der Waals surface area contributed by atoms with Crippen LogP contribution in [0.3, 0.4) is 0 Å². The fourth-order valence-electron chi connectivity index (χ4n) is 3.98. The Hall–Kier alpha value is -3.95. The maximum absolute atomic E-state index is 14.9. The molecule has 0 bridgehead atoms. The molecule has 10 heteroatoms. The zero-order valence-electron chi connectivity index (χ0n) is 17.1. The first-order valence-corrected chi connectivity index (χ1v) is 10.2. The summed E-state index contributed by atoms with van der Waals surface area (Å²) in [5, 5.41) is 14.6. The van der Waals surface area contributed by atoms with Crippen LogP contribution in [0.25, 0.3) is 11.0 Å². The van der Waals surface area contributed by atoms with Crippen LogP contribution in [-0.4, -0.2) is 34.1 Å². The van der Waals surface area contributed by atoms with E-state index in [0.717, 1.165) is 11.0 Å². The minimum Gasteiger partial charge on any atom is -0.375 e. The van der Waals surface area contributed by atoms with Crippen molar-refractivity contribution >= 4 is 40.3 Å². The zero-order valence-corrected chi connectivity index (χ0v) is 17.9. The Labute approximate surface area is 191 Å². The van der Waals surface area contributed by atoms with Gasteiger partial charge in [-0.1, -0.05) is 35.9 Å². The van der Waals surface area contributed by atoms with E-state index in [9.17, 15) is 19.1 Å². The number of imidazole rings is 1. The Morgan fingerprint density at radius 3 is 2.79 bits per heavy atom. The summed E-state index contributed by atoms with van der Waals surface area (Å²) in [5.74, 6) is -1.30. The van der Waals surface area contributed by atoms with Gasteiger partial charge < -0.3 is 20.1 Å². The molecule has 0 radical (unpaired) electrons. The van der Waals surface area contributed by atoms with Crippen molar-refractivity contribution in [2.24, 2.45) is 0 Å². The second kappa shape index (κ2) is 7.58. The molecule has 3 aromatic carbocycles. The number of aliphatic hydroxyl groups is 1. The fourth-order valence-corrected chi connectivity index (χ4v) is 4.14. The normalized spacial score (nSPS) is 17.3. The molecule has 1 unspecified atom stereocenters. The molecule has 33 heavy (non-hydrogen) atoms. The number of nitrogens with zero attached hydrogens (tertiary/aromatic N) is 2. The molecule has 2 amide bonds. The van der Waals surface area contributed by atoms with Crippen LogP contribution < -0.4 is 15.0 Å². The van der Waals surface area contributed by atoms with Crippen LogP contribution in [0.5, 0.6) is 6.01 Å². The Morgan fingerprint density at radius 1 is 1.21 bits per heavy atom. The number of hydrogen-bond donors (Lipinski definition) is 3. The summed E-state index contributed by atoms with van der Waals surface area (Å²) in [6.07, 6.45) is -0.703. The molecule has 0 saturated heterocycles. The topological polar surface area (TPSA) is 108 Å². The lowest BCUT2D eigenvalue weighted by Gasteiger charge is -2.35. The number of hydrogen-bond acceptors (Lipinski definition) is 5.